The Hall–Kier alpha value is -2.15. The smallest absolute Gasteiger partial charge is 0.216 e. The van der Waals surface area contributed by atoms with E-state index in [1.807, 2.05) is 0 Å². The molecule has 1 heterocycles. The predicted octanol–water partition coefficient (Wildman–Crippen LogP) is 1.85. The summed E-state index contributed by atoms with van der Waals surface area (Å²) >= 11 is 5.01. The van der Waals surface area contributed by atoms with Crippen molar-refractivity contribution < 1.29 is 9.84 Å². The summed E-state index contributed by atoms with van der Waals surface area (Å²) < 4.78 is 6.87. The van der Waals surface area contributed by atoms with Crippen LogP contribution in [0.5, 0.6) is 11.5 Å². The van der Waals surface area contributed by atoms with Crippen LogP contribution in [0.1, 0.15) is 11.4 Å². The molecule has 0 radical (unpaired) electrons. The Balaban J connectivity index is 2.38. The monoisotopic (exact) mass is 264 g/mol. The van der Waals surface area contributed by atoms with Gasteiger partial charge >= 0.3 is 0 Å². The molecule has 0 bridgehead atoms. The first-order valence-corrected chi connectivity index (χ1v) is 5.58. The maximum Gasteiger partial charge on any atom is 0.216 e. The van der Waals surface area contributed by atoms with Gasteiger partial charge in [0.15, 0.2) is 11.5 Å². The maximum absolute atomic E-state index is 9.88. The van der Waals surface area contributed by atoms with Gasteiger partial charge in [-0.15, -0.1) is 0 Å². The number of nitrogens with one attached hydrogen (secondary N) is 1. The first-order valence-electron chi connectivity index (χ1n) is 5.18. The quantitative estimate of drug-likeness (QED) is 0.655. The third kappa shape index (κ3) is 2.25. The zero-order valence-corrected chi connectivity index (χ0v) is 10.7. The number of aromatic nitrogens is 3. The normalized spacial score (nSPS) is 11.0. The second-order valence-electron chi connectivity index (χ2n) is 3.53. The number of aromatic hydroxyl groups is 1. The average molecular weight is 264 g/mol. The van der Waals surface area contributed by atoms with E-state index in [0.29, 0.717) is 21.9 Å². The molecule has 0 aliphatic carbocycles. The van der Waals surface area contributed by atoms with E-state index in [-0.39, 0.29) is 5.75 Å². The van der Waals surface area contributed by atoms with Crippen molar-refractivity contribution in [2.45, 2.75) is 6.92 Å². The summed E-state index contributed by atoms with van der Waals surface area (Å²) in [6.45, 7) is 1.77. The number of ether oxygens (including phenoxy) is 1. The average Bonchev–Trinajstić information content (AvgIpc) is 2.68. The highest BCUT2D eigenvalue weighted by atomic mass is 32.1. The number of phenols is 1. The number of H-pyrrole nitrogens is 1. The number of phenolic OH excluding ortho intramolecular Hbond substituents is 1. The van der Waals surface area contributed by atoms with Crippen molar-refractivity contribution in [2.24, 2.45) is 5.10 Å². The van der Waals surface area contributed by atoms with Crippen LogP contribution in [0.25, 0.3) is 0 Å². The number of aromatic amines is 1. The van der Waals surface area contributed by atoms with Crippen molar-refractivity contribution in [1.29, 1.82) is 0 Å². The molecule has 0 aliphatic rings. The van der Waals surface area contributed by atoms with Crippen LogP contribution in [0.15, 0.2) is 23.3 Å². The SMILES string of the molecule is COc1cccc(/C=N\n2c(C)n[nH]c2=S)c1O. The number of benzene rings is 1. The van der Waals surface area contributed by atoms with Gasteiger partial charge in [-0.05, 0) is 31.3 Å². The number of para-hydroxylation sites is 1. The number of methoxy groups -OCH3 is 1. The molecule has 1 aromatic carbocycles. The van der Waals surface area contributed by atoms with E-state index in [1.165, 1.54) is 18.0 Å². The van der Waals surface area contributed by atoms with Crippen LogP contribution < -0.4 is 4.74 Å². The lowest BCUT2D eigenvalue weighted by molar-refractivity contribution is 0.373. The molecule has 0 atom stereocenters. The predicted molar refractivity (Wildman–Crippen MR) is 69.8 cm³/mol. The first kappa shape index (κ1) is 12.3. The lowest BCUT2D eigenvalue weighted by Gasteiger charge is -2.04. The van der Waals surface area contributed by atoms with Gasteiger partial charge < -0.3 is 9.84 Å². The molecular formula is C11H12N4O2S. The number of rotatable bonds is 3. The van der Waals surface area contributed by atoms with Gasteiger partial charge in [0.05, 0.1) is 13.3 Å². The number of hydrogen-bond acceptors (Lipinski definition) is 5. The standard InChI is InChI=1S/C11H12N4O2S/c1-7-13-14-11(18)15(7)12-6-8-4-3-5-9(17-2)10(8)16/h3-6,16H,1-2H3,(H,14,18)/b12-6-. The minimum atomic E-state index is 0.0383. The Labute approximate surface area is 109 Å². The number of hydrogen-bond donors (Lipinski definition) is 2. The molecule has 0 saturated heterocycles. The number of nitrogens with zero attached hydrogens (tertiary/aromatic N) is 3. The van der Waals surface area contributed by atoms with Crippen molar-refractivity contribution in [3.05, 3.63) is 34.4 Å². The Kier molecular flexibility index (Phi) is 3.42. The van der Waals surface area contributed by atoms with Crippen molar-refractivity contribution in [2.75, 3.05) is 7.11 Å². The highest BCUT2D eigenvalue weighted by Crippen LogP contribution is 2.27. The summed E-state index contributed by atoms with van der Waals surface area (Å²) in [5.41, 5.74) is 0.539. The Bertz CT molecular complexity index is 645. The summed E-state index contributed by atoms with van der Waals surface area (Å²) in [7, 11) is 1.49. The lowest BCUT2D eigenvalue weighted by Crippen LogP contribution is -1.94. The molecule has 0 unspecified atom stereocenters. The second-order valence-corrected chi connectivity index (χ2v) is 3.92. The fourth-order valence-electron chi connectivity index (χ4n) is 1.43. The molecule has 2 aromatic rings. The van der Waals surface area contributed by atoms with Crippen molar-refractivity contribution in [3.8, 4) is 11.5 Å². The van der Waals surface area contributed by atoms with Gasteiger partial charge in [0.2, 0.25) is 4.77 Å². The molecule has 0 spiro atoms. The molecule has 0 saturated carbocycles. The van der Waals surface area contributed by atoms with E-state index in [0.717, 1.165) is 0 Å². The Morgan fingerprint density at radius 2 is 2.33 bits per heavy atom. The van der Waals surface area contributed by atoms with Crippen LogP contribution in [0.3, 0.4) is 0 Å². The van der Waals surface area contributed by atoms with Crippen LogP contribution in [-0.2, 0) is 0 Å². The van der Waals surface area contributed by atoms with E-state index < -0.39 is 0 Å². The van der Waals surface area contributed by atoms with Gasteiger partial charge in [-0.25, -0.2) is 0 Å². The van der Waals surface area contributed by atoms with Crippen LogP contribution in [-0.4, -0.2) is 33.3 Å². The zero-order valence-electron chi connectivity index (χ0n) is 9.91. The summed E-state index contributed by atoms with van der Waals surface area (Å²) in [4.78, 5) is 0. The minimum Gasteiger partial charge on any atom is -0.504 e. The van der Waals surface area contributed by atoms with E-state index >= 15 is 0 Å². The molecule has 18 heavy (non-hydrogen) atoms. The summed E-state index contributed by atoms with van der Waals surface area (Å²) in [6.07, 6.45) is 1.50. The van der Waals surface area contributed by atoms with Crippen molar-refractivity contribution in [3.63, 3.8) is 0 Å². The van der Waals surface area contributed by atoms with E-state index in [9.17, 15) is 5.11 Å². The number of aryl methyl sites for hydroxylation is 1. The molecule has 0 fully saturated rings. The molecule has 1 aromatic heterocycles. The van der Waals surface area contributed by atoms with Crippen LogP contribution >= 0.6 is 12.2 Å². The third-order valence-corrected chi connectivity index (χ3v) is 2.64. The highest BCUT2D eigenvalue weighted by molar-refractivity contribution is 7.71. The molecule has 6 nitrogen and oxygen atoms in total. The van der Waals surface area contributed by atoms with Gasteiger partial charge in [-0.3, -0.25) is 5.10 Å². The molecule has 94 valence electrons. The van der Waals surface area contributed by atoms with Gasteiger partial charge in [-0.2, -0.15) is 14.9 Å². The summed E-state index contributed by atoms with van der Waals surface area (Å²) in [5.74, 6) is 1.07. The molecule has 2 N–H and O–H groups in total. The van der Waals surface area contributed by atoms with Gasteiger partial charge in [0.1, 0.15) is 5.82 Å². The van der Waals surface area contributed by atoms with Gasteiger partial charge in [0.25, 0.3) is 0 Å². The largest absolute Gasteiger partial charge is 0.504 e. The lowest BCUT2D eigenvalue weighted by atomic mass is 10.2. The summed E-state index contributed by atoms with van der Waals surface area (Å²) in [6, 6.07) is 5.16. The highest BCUT2D eigenvalue weighted by Gasteiger charge is 2.05. The minimum absolute atomic E-state index is 0.0383. The fourth-order valence-corrected chi connectivity index (χ4v) is 1.66. The van der Waals surface area contributed by atoms with Gasteiger partial charge in [0, 0.05) is 5.56 Å². The Morgan fingerprint density at radius 1 is 1.56 bits per heavy atom. The first-order chi connectivity index (χ1) is 8.63. The summed E-state index contributed by atoms with van der Waals surface area (Å²) in [5, 5.41) is 20.6. The van der Waals surface area contributed by atoms with Crippen molar-refractivity contribution in [1.82, 2.24) is 14.9 Å². The molecule has 7 heteroatoms. The van der Waals surface area contributed by atoms with Crippen LogP contribution in [0.4, 0.5) is 0 Å². The zero-order chi connectivity index (χ0) is 13.1. The maximum atomic E-state index is 9.88. The second kappa shape index (κ2) is 5.01. The van der Waals surface area contributed by atoms with Crippen LogP contribution in [0, 0.1) is 11.7 Å². The fraction of sp³-hybridized carbons (Fsp3) is 0.182. The molecular weight excluding hydrogens is 252 g/mol. The Morgan fingerprint density at radius 3 is 2.94 bits per heavy atom. The van der Waals surface area contributed by atoms with Crippen molar-refractivity contribution >= 4 is 18.4 Å². The van der Waals surface area contributed by atoms with E-state index in [4.69, 9.17) is 17.0 Å². The molecule has 0 aliphatic heterocycles. The topological polar surface area (TPSA) is 75.4 Å². The third-order valence-electron chi connectivity index (χ3n) is 2.37. The van der Waals surface area contributed by atoms with E-state index in [1.54, 1.807) is 25.1 Å². The molecule has 2 rings (SSSR count). The van der Waals surface area contributed by atoms with E-state index in [2.05, 4.69) is 15.3 Å². The molecule has 0 amide bonds. The van der Waals surface area contributed by atoms with Gasteiger partial charge in [-0.1, -0.05) is 6.07 Å². The van der Waals surface area contributed by atoms with Crippen LogP contribution in [0.2, 0.25) is 0 Å².